The maximum Gasteiger partial charge on any atom is -0.000883 e. The smallest absolute Gasteiger partial charge is 0.000883 e. The van der Waals surface area contributed by atoms with Crippen LogP contribution in [0.15, 0.2) is 11.6 Å². The van der Waals surface area contributed by atoms with Gasteiger partial charge in [0.15, 0.2) is 0 Å². The normalized spacial score (nSPS) is 26.1. The second-order valence-corrected chi connectivity index (χ2v) is 5.27. The van der Waals surface area contributed by atoms with Crippen molar-refractivity contribution in [1.29, 1.82) is 0 Å². The molecule has 0 bridgehead atoms. The first-order valence-electron chi connectivity index (χ1n) is 6.81. The van der Waals surface area contributed by atoms with Gasteiger partial charge in [-0.05, 0) is 56.9 Å². The number of allylic oxidation sites excluding steroid dienone is 1. The van der Waals surface area contributed by atoms with Crippen LogP contribution >= 0.6 is 0 Å². The summed E-state index contributed by atoms with van der Waals surface area (Å²) in [6.45, 7) is 0.885. The van der Waals surface area contributed by atoms with Gasteiger partial charge in [0.2, 0.25) is 0 Å². The molecule has 0 radical (unpaired) electrons. The Morgan fingerprint density at radius 2 is 1.93 bits per heavy atom. The van der Waals surface area contributed by atoms with Crippen LogP contribution < -0.4 is 5.73 Å². The van der Waals surface area contributed by atoms with Crippen molar-refractivity contribution in [1.82, 2.24) is 0 Å². The summed E-state index contributed by atoms with van der Waals surface area (Å²) in [6, 6.07) is 0. The van der Waals surface area contributed by atoms with E-state index in [-0.39, 0.29) is 0 Å². The average molecular weight is 207 g/mol. The zero-order valence-corrected chi connectivity index (χ0v) is 9.88. The molecule has 2 aliphatic carbocycles. The molecule has 0 amide bonds. The molecule has 1 saturated carbocycles. The van der Waals surface area contributed by atoms with Gasteiger partial charge in [-0.25, -0.2) is 0 Å². The van der Waals surface area contributed by atoms with Crippen molar-refractivity contribution in [2.75, 3.05) is 6.54 Å². The topological polar surface area (TPSA) is 26.0 Å². The first kappa shape index (κ1) is 11.2. The summed E-state index contributed by atoms with van der Waals surface area (Å²) in [4.78, 5) is 0. The van der Waals surface area contributed by atoms with Crippen molar-refractivity contribution in [3.05, 3.63) is 11.6 Å². The first-order chi connectivity index (χ1) is 7.42. The highest BCUT2D eigenvalue weighted by Gasteiger charge is 2.25. The van der Waals surface area contributed by atoms with Crippen molar-refractivity contribution >= 4 is 0 Å². The minimum Gasteiger partial charge on any atom is -0.330 e. The van der Waals surface area contributed by atoms with E-state index in [1.54, 1.807) is 5.57 Å². The molecule has 1 atom stereocenters. The van der Waals surface area contributed by atoms with Gasteiger partial charge in [-0.15, -0.1) is 0 Å². The van der Waals surface area contributed by atoms with Gasteiger partial charge in [0.05, 0.1) is 0 Å². The summed E-state index contributed by atoms with van der Waals surface area (Å²) >= 11 is 0. The monoisotopic (exact) mass is 207 g/mol. The summed E-state index contributed by atoms with van der Waals surface area (Å²) in [7, 11) is 0. The predicted octanol–water partition coefficient (Wildman–Crippen LogP) is 3.64. The number of rotatable bonds is 3. The SMILES string of the molecule is NCC(C1=CCCCC1)C1CCCCC1. The fourth-order valence-electron chi connectivity index (χ4n) is 3.38. The molecule has 2 aliphatic rings. The van der Waals surface area contributed by atoms with Crippen LogP contribution in [-0.2, 0) is 0 Å². The lowest BCUT2D eigenvalue weighted by Crippen LogP contribution is -2.27. The summed E-state index contributed by atoms with van der Waals surface area (Å²) in [5.74, 6) is 1.64. The third kappa shape index (κ3) is 2.84. The minimum absolute atomic E-state index is 0.727. The molecule has 1 nitrogen and oxygen atoms in total. The number of hydrogen-bond acceptors (Lipinski definition) is 1. The van der Waals surface area contributed by atoms with Crippen molar-refractivity contribution in [3.63, 3.8) is 0 Å². The van der Waals surface area contributed by atoms with E-state index in [1.807, 2.05) is 0 Å². The van der Waals surface area contributed by atoms with Crippen molar-refractivity contribution < 1.29 is 0 Å². The Morgan fingerprint density at radius 3 is 2.53 bits per heavy atom. The van der Waals surface area contributed by atoms with Crippen LogP contribution in [0.4, 0.5) is 0 Å². The van der Waals surface area contributed by atoms with Crippen LogP contribution in [0.25, 0.3) is 0 Å². The summed E-state index contributed by atoms with van der Waals surface area (Å²) in [5.41, 5.74) is 7.70. The Balaban J connectivity index is 1.98. The second-order valence-electron chi connectivity index (χ2n) is 5.27. The molecular formula is C14H25N. The third-order valence-electron chi connectivity index (χ3n) is 4.28. The molecule has 1 fully saturated rings. The van der Waals surface area contributed by atoms with Gasteiger partial charge in [-0.1, -0.05) is 30.9 Å². The van der Waals surface area contributed by atoms with Crippen LogP contribution in [0.3, 0.4) is 0 Å². The molecule has 0 heterocycles. The highest BCUT2D eigenvalue weighted by atomic mass is 14.6. The maximum absolute atomic E-state index is 5.99. The highest BCUT2D eigenvalue weighted by molar-refractivity contribution is 5.11. The molecule has 15 heavy (non-hydrogen) atoms. The zero-order valence-electron chi connectivity index (χ0n) is 9.88. The van der Waals surface area contributed by atoms with Crippen LogP contribution in [0.1, 0.15) is 57.8 Å². The Kier molecular flexibility index (Phi) is 4.25. The van der Waals surface area contributed by atoms with Crippen molar-refractivity contribution in [2.24, 2.45) is 17.6 Å². The lowest BCUT2D eigenvalue weighted by Gasteiger charge is -2.32. The molecule has 0 aromatic rings. The van der Waals surface area contributed by atoms with Gasteiger partial charge in [0.25, 0.3) is 0 Å². The lowest BCUT2D eigenvalue weighted by atomic mass is 9.74. The van der Waals surface area contributed by atoms with E-state index in [2.05, 4.69) is 6.08 Å². The van der Waals surface area contributed by atoms with E-state index in [9.17, 15) is 0 Å². The Morgan fingerprint density at radius 1 is 1.13 bits per heavy atom. The first-order valence-corrected chi connectivity index (χ1v) is 6.81. The van der Waals surface area contributed by atoms with Gasteiger partial charge < -0.3 is 5.73 Å². The van der Waals surface area contributed by atoms with Crippen LogP contribution in [0.2, 0.25) is 0 Å². The van der Waals surface area contributed by atoms with E-state index in [0.717, 1.165) is 18.4 Å². The molecule has 0 aromatic carbocycles. The summed E-state index contributed by atoms with van der Waals surface area (Å²) in [6.07, 6.45) is 15.1. The molecule has 0 spiro atoms. The van der Waals surface area contributed by atoms with E-state index in [1.165, 1.54) is 57.8 Å². The molecular weight excluding hydrogens is 182 g/mol. The lowest BCUT2D eigenvalue weighted by molar-refractivity contribution is 0.274. The summed E-state index contributed by atoms with van der Waals surface area (Å²) in [5, 5.41) is 0. The van der Waals surface area contributed by atoms with Gasteiger partial charge in [0.1, 0.15) is 0 Å². The molecule has 2 rings (SSSR count). The van der Waals surface area contributed by atoms with Gasteiger partial charge >= 0.3 is 0 Å². The Bertz CT molecular complexity index is 213. The minimum atomic E-state index is 0.727. The zero-order chi connectivity index (χ0) is 10.5. The molecule has 2 N–H and O–H groups in total. The quantitative estimate of drug-likeness (QED) is 0.702. The van der Waals surface area contributed by atoms with Gasteiger partial charge in [-0.2, -0.15) is 0 Å². The largest absolute Gasteiger partial charge is 0.330 e. The van der Waals surface area contributed by atoms with Crippen molar-refractivity contribution in [3.8, 4) is 0 Å². The molecule has 86 valence electrons. The van der Waals surface area contributed by atoms with Crippen molar-refractivity contribution in [2.45, 2.75) is 57.8 Å². The van der Waals surface area contributed by atoms with Crippen LogP contribution in [-0.4, -0.2) is 6.54 Å². The Labute approximate surface area is 94.1 Å². The highest BCUT2D eigenvalue weighted by Crippen LogP contribution is 2.36. The fourth-order valence-corrected chi connectivity index (χ4v) is 3.38. The van der Waals surface area contributed by atoms with Gasteiger partial charge in [0, 0.05) is 0 Å². The summed E-state index contributed by atoms with van der Waals surface area (Å²) < 4.78 is 0. The molecule has 0 aliphatic heterocycles. The van der Waals surface area contributed by atoms with Crippen LogP contribution in [0, 0.1) is 11.8 Å². The van der Waals surface area contributed by atoms with Crippen LogP contribution in [0.5, 0.6) is 0 Å². The van der Waals surface area contributed by atoms with Gasteiger partial charge in [-0.3, -0.25) is 0 Å². The number of hydrogen-bond donors (Lipinski definition) is 1. The van der Waals surface area contributed by atoms with E-state index in [0.29, 0.717) is 0 Å². The molecule has 1 unspecified atom stereocenters. The standard InChI is InChI=1S/C14H25N/c15-11-14(12-7-3-1-4-8-12)13-9-5-2-6-10-13/h7,13-14H,1-6,8-11,15H2. The van der Waals surface area contributed by atoms with E-state index < -0.39 is 0 Å². The van der Waals surface area contributed by atoms with E-state index in [4.69, 9.17) is 5.73 Å². The molecule has 0 aromatic heterocycles. The Hall–Kier alpha value is -0.300. The maximum atomic E-state index is 5.99. The molecule has 0 saturated heterocycles. The fraction of sp³-hybridized carbons (Fsp3) is 0.857. The third-order valence-corrected chi connectivity index (χ3v) is 4.28. The second kappa shape index (κ2) is 5.69. The number of nitrogens with two attached hydrogens (primary N) is 1. The average Bonchev–Trinajstić information content (AvgIpc) is 2.33. The predicted molar refractivity (Wildman–Crippen MR) is 65.7 cm³/mol. The van der Waals surface area contributed by atoms with E-state index >= 15 is 0 Å². The molecule has 1 heteroatoms.